The van der Waals surface area contributed by atoms with Crippen LogP contribution in [0.4, 0.5) is 0 Å². The maximum atomic E-state index is 11.8. The summed E-state index contributed by atoms with van der Waals surface area (Å²) in [6.07, 6.45) is 3.42. The molecule has 0 saturated heterocycles. The second kappa shape index (κ2) is 8.86. The molecular formula is C14H26N2O2. The molecule has 0 rings (SSSR count). The van der Waals surface area contributed by atoms with Gasteiger partial charge in [0.05, 0.1) is 6.54 Å². The zero-order valence-corrected chi connectivity index (χ0v) is 12.3. The van der Waals surface area contributed by atoms with Crippen LogP contribution < -0.4 is 0 Å². The summed E-state index contributed by atoms with van der Waals surface area (Å²) in [6, 6.07) is 0. The normalized spacial score (nSPS) is 11.5. The van der Waals surface area contributed by atoms with Gasteiger partial charge >= 0.3 is 0 Å². The smallest absolute Gasteiger partial charge is 0.236 e. The van der Waals surface area contributed by atoms with Crippen LogP contribution >= 0.6 is 0 Å². The summed E-state index contributed by atoms with van der Waals surface area (Å²) in [5.74, 6) is 0.286. The van der Waals surface area contributed by atoms with E-state index in [1.54, 1.807) is 11.0 Å². The van der Waals surface area contributed by atoms with Gasteiger partial charge in [-0.2, -0.15) is 0 Å². The van der Waals surface area contributed by atoms with Crippen molar-refractivity contribution in [1.29, 1.82) is 0 Å². The molecule has 104 valence electrons. The largest absolute Gasteiger partial charge is 0.342 e. The average molecular weight is 254 g/mol. The van der Waals surface area contributed by atoms with Crippen molar-refractivity contribution in [1.82, 2.24) is 9.80 Å². The first-order valence-corrected chi connectivity index (χ1v) is 6.59. The number of amides is 1. The van der Waals surface area contributed by atoms with Gasteiger partial charge in [0.15, 0.2) is 5.78 Å². The molecule has 0 aliphatic rings. The minimum absolute atomic E-state index is 0.0314. The Kier molecular flexibility index (Phi) is 8.29. The molecule has 0 spiro atoms. The quantitative estimate of drug-likeness (QED) is 0.617. The van der Waals surface area contributed by atoms with Gasteiger partial charge in [-0.3, -0.25) is 14.5 Å². The molecule has 4 nitrogen and oxygen atoms in total. The van der Waals surface area contributed by atoms with Crippen molar-refractivity contribution in [3.63, 3.8) is 0 Å². The summed E-state index contributed by atoms with van der Waals surface area (Å²) < 4.78 is 0. The summed E-state index contributed by atoms with van der Waals surface area (Å²) in [5, 5.41) is 0. The summed E-state index contributed by atoms with van der Waals surface area (Å²) in [7, 11) is 1.88. The molecule has 0 unspecified atom stereocenters. The minimum atomic E-state index is 0.0314. The minimum Gasteiger partial charge on any atom is -0.342 e. The number of likely N-dealkylation sites (N-methyl/N-ethyl adjacent to an activating group) is 2. The molecule has 0 radical (unpaired) electrons. The highest BCUT2D eigenvalue weighted by atomic mass is 16.2. The summed E-state index contributed by atoms with van der Waals surface area (Å²) >= 11 is 0. The van der Waals surface area contributed by atoms with Gasteiger partial charge in [0, 0.05) is 25.6 Å². The first-order chi connectivity index (χ1) is 8.42. The maximum Gasteiger partial charge on any atom is 0.236 e. The molecule has 0 fully saturated rings. The Morgan fingerprint density at radius 1 is 1.17 bits per heavy atom. The number of carbonyl (C=O) groups is 2. The van der Waals surface area contributed by atoms with Crippen molar-refractivity contribution in [2.45, 2.75) is 27.7 Å². The maximum absolute atomic E-state index is 11.8. The monoisotopic (exact) mass is 254 g/mol. The Morgan fingerprint density at radius 2 is 1.72 bits per heavy atom. The van der Waals surface area contributed by atoms with Gasteiger partial charge < -0.3 is 4.90 Å². The van der Waals surface area contributed by atoms with E-state index in [0.717, 1.165) is 13.1 Å². The van der Waals surface area contributed by atoms with E-state index >= 15 is 0 Å². The van der Waals surface area contributed by atoms with E-state index in [0.29, 0.717) is 13.1 Å². The van der Waals surface area contributed by atoms with Crippen LogP contribution in [-0.2, 0) is 9.59 Å². The van der Waals surface area contributed by atoms with Gasteiger partial charge in [-0.1, -0.05) is 19.9 Å². The zero-order chi connectivity index (χ0) is 14.1. The van der Waals surface area contributed by atoms with Gasteiger partial charge in [-0.15, -0.1) is 0 Å². The van der Waals surface area contributed by atoms with Crippen molar-refractivity contribution in [2.24, 2.45) is 5.92 Å². The van der Waals surface area contributed by atoms with Crippen molar-refractivity contribution in [3.05, 3.63) is 12.2 Å². The number of rotatable bonds is 8. The van der Waals surface area contributed by atoms with Gasteiger partial charge in [0.2, 0.25) is 5.91 Å². The molecule has 0 aliphatic carbocycles. The fraction of sp³-hybridized carbons (Fsp3) is 0.714. The van der Waals surface area contributed by atoms with E-state index in [1.165, 1.54) is 0 Å². The Labute approximate surface area is 111 Å². The highest BCUT2D eigenvalue weighted by molar-refractivity contribution is 5.91. The first-order valence-electron chi connectivity index (χ1n) is 6.59. The third-order valence-electron chi connectivity index (χ3n) is 2.79. The van der Waals surface area contributed by atoms with E-state index in [1.807, 2.05) is 45.7 Å². The van der Waals surface area contributed by atoms with Crippen molar-refractivity contribution >= 4 is 11.7 Å². The fourth-order valence-electron chi connectivity index (χ4n) is 1.51. The van der Waals surface area contributed by atoms with Crippen molar-refractivity contribution < 1.29 is 9.59 Å². The molecule has 1 amide bonds. The van der Waals surface area contributed by atoms with Gasteiger partial charge in [0.1, 0.15) is 0 Å². The van der Waals surface area contributed by atoms with E-state index < -0.39 is 0 Å². The zero-order valence-electron chi connectivity index (χ0n) is 12.3. The number of ketones is 1. The van der Waals surface area contributed by atoms with Crippen LogP contribution in [0.25, 0.3) is 0 Å². The second-order valence-corrected chi connectivity index (χ2v) is 4.72. The summed E-state index contributed by atoms with van der Waals surface area (Å²) in [6.45, 7) is 10.2. The molecular weight excluding hydrogens is 228 g/mol. The Morgan fingerprint density at radius 3 is 2.17 bits per heavy atom. The first kappa shape index (κ1) is 16.8. The van der Waals surface area contributed by atoms with Crippen LogP contribution in [0.15, 0.2) is 12.2 Å². The Balaban J connectivity index is 4.08. The summed E-state index contributed by atoms with van der Waals surface area (Å²) in [4.78, 5) is 26.9. The molecule has 0 atom stereocenters. The third-order valence-corrected chi connectivity index (χ3v) is 2.79. The number of hydrogen-bond acceptors (Lipinski definition) is 3. The van der Waals surface area contributed by atoms with Crippen LogP contribution in [0, 0.1) is 5.92 Å². The fourth-order valence-corrected chi connectivity index (χ4v) is 1.51. The third kappa shape index (κ3) is 6.55. The summed E-state index contributed by atoms with van der Waals surface area (Å²) in [5.41, 5.74) is 0. The molecule has 0 aromatic carbocycles. The van der Waals surface area contributed by atoms with Crippen molar-refractivity contribution in [2.75, 3.05) is 33.2 Å². The lowest BCUT2D eigenvalue weighted by atomic mass is 10.1. The average Bonchev–Trinajstić information content (AvgIpc) is 2.30. The van der Waals surface area contributed by atoms with Crippen LogP contribution in [-0.4, -0.2) is 54.7 Å². The number of hydrogen-bond donors (Lipinski definition) is 0. The molecule has 4 heteroatoms. The number of nitrogens with zero attached hydrogens (tertiary/aromatic N) is 2. The topological polar surface area (TPSA) is 40.6 Å². The predicted octanol–water partition coefficient (Wildman–Crippen LogP) is 1.57. The Bertz CT molecular complexity index is 294. The molecule has 0 aromatic rings. The van der Waals surface area contributed by atoms with Crippen LogP contribution in [0.2, 0.25) is 0 Å². The van der Waals surface area contributed by atoms with Crippen LogP contribution in [0.5, 0.6) is 0 Å². The molecule has 0 bridgehead atoms. The standard InChI is InChI=1S/C14H26N2O2/c1-6-16(7-2)14(18)11-15(5)10-8-9-13(17)12(3)4/h8-9,12H,6-7,10-11H2,1-5H3/b9-8+. The molecule has 18 heavy (non-hydrogen) atoms. The highest BCUT2D eigenvalue weighted by Crippen LogP contribution is 1.96. The number of carbonyl (C=O) groups excluding carboxylic acids is 2. The van der Waals surface area contributed by atoms with Crippen LogP contribution in [0.1, 0.15) is 27.7 Å². The molecule has 0 saturated carbocycles. The van der Waals surface area contributed by atoms with Gasteiger partial charge in [-0.25, -0.2) is 0 Å². The van der Waals surface area contributed by atoms with Gasteiger partial charge in [-0.05, 0) is 27.0 Å². The Hall–Kier alpha value is -1.16. The van der Waals surface area contributed by atoms with E-state index in [9.17, 15) is 9.59 Å². The van der Waals surface area contributed by atoms with E-state index in [2.05, 4.69) is 0 Å². The highest BCUT2D eigenvalue weighted by Gasteiger charge is 2.11. The molecule has 0 aliphatic heterocycles. The lowest BCUT2D eigenvalue weighted by Crippen LogP contribution is -2.38. The molecule has 0 aromatic heterocycles. The molecule has 0 N–H and O–H groups in total. The van der Waals surface area contributed by atoms with Crippen LogP contribution in [0.3, 0.4) is 0 Å². The second-order valence-electron chi connectivity index (χ2n) is 4.72. The molecule has 0 heterocycles. The van der Waals surface area contributed by atoms with E-state index in [-0.39, 0.29) is 17.6 Å². The van der Waals surface area contributed by atoms with E-state index in [4.69, 9.17) is 0 Å². The number of allylic oxidation sites excluding steroid dienone is 1. The lowest BCUT2D eigenvalue weighted by Gasteiger charge is -2.22. The SMILES string of the molecule is CCN(CC)C(=O)CN(C)C/C=C/C(=O)C(C)C. The predicted molar refractivity (Wildman–Crippen MR) is 74.4 cm³/mol. The lowest BCUT2D eigenvalue weighted by molar-refractivity contribution is -0.131. The van der Waals surface area contributed by atoms with Crippen molar-refractivity contribution in [3.8, 4) is 0 Å². The van der Waals surface area contributed by atoms with Gasteiger partial charge in [0.25, 0.3) is 0 Å².